The Morgan fingerprint density at radius 3 is 2.38 bits per heavy atom. The van der Waals surface area contributed by atoms with Crippen LogP contribution < -0.4 is 13.8 Å². The van der Waals surface area contributed by atoms with Crippen LogP contribution in [0.5, 0.6) is 11.5 Å². The molecule has 1 atom stereocenters. The highest BCUT2D eigenvalue weighted by Crippen LogP contribution is 2.35. The van der Waals surface area contributed by atoms with Crippen LogP contribution in [0.4, 0.5) is 5.69 Å². The van der Waals surface area contributed by atoms with Crippen molar-refractivity contribution in [3.05, 3.63) is 18.2 Å². The molecule has 0 aliphatic heterocycles. The Bertz CT molecular complexity index is 613. The normalized spacial score (nSPS) is 12.6. The third kappa shape index (κ3) is 3.57. The Kier molecular flexibility index (Phi) is 5.42. The number of sulfonamides is 1. The number of hydrogen-bond acceptors (Lipinski definition) is 5. The van der Waals surface area contributed by atoms with Crippen LogP contribution >= 0.6 is 0 Å². The maximum atomic E-state index is 12.2. The third-order valence-electron chi connectivity index (χ3n) is 3.00. The first kappa shape index (κ1) is 17.1. The van der Waals surface area contributed by atoms with E-state index in [-0.39, 0.29) is 17.2 Å². The van der Waals surface area contributed by atoms with Crippen molar-refractivity contribution in [1.29, 1.82) is 0 Å². The molecule has 8 heteroatoms. The molecule has 7 nitrogen and oxygen atoms in total. The van der Waals surface area contributed by atoms with E-state index in [2.05, 4.69) is 0 Å². The average molecular weight is 317 g/mol. The third-order valence-corrected chi connectivity index (χ3v) is 4.84. The summed E-state index contributed by atoms with van der Waals surface area (Å²) in [6, 6.07) is 3.26. The second-order valence-corrected chi connectivity index (χ2v) is 6.38. The minimum Gasteiger partial charge on any atom is -0.497 e. The number of anilines is 1. The Balaban J connectivity index is 3.50. The van der Waals surface area contributed by atoms with Crippen molar-refractivity contribution in [2.45, 2.75) is 19.9 Å². The smallest absolute Gasteiger partial charge is 0.327 e. The SMILES string of the molecule is CCS(=O)(=O)N(c1ccc(OC)cc1OC)C(C)C(=O)O. The fourth-order valence-corrected chi connectivity index (χ4v) is 3.11. The highest BCUT2D eigenvalue weighted by molar-refractivity contribution is 7.92. The summed E-state index contributed by atoms with van der Waals surface area (Å²) in [5.41, 5.74) is 0.162. The number of hydrogen-bond donors (Lipinski definition) is 1. The lowest BCUT2D eigenvalue weighted by molar-refractivity contribution is -0.137. The summed E-state index contributed by atoms with van der Waals surface area (Å²) >= 11 is 0. The zero-order valence-corrected chi connectivity index (χ0v) is 13.2. The molecule has 0 saturated heterocycles. The van der Waals surface area contributed by atoms with Gasteiger partial charge < -0.3 is 14.6 Å². The summed E-state index contributed by atoms with van der Waals surface area (Å²) in [5, 5.41) is 9.17. The predicted molar refractivity (Wildman–Crippen MR) is 78.6 cm³/mol. The summed E-state index contributed by atoms with van der Waals surface area (Å²) in [4.78, 5) is 11.2. The summed E-state index contributed by atoms with van der Waals surface area (Å²) in [6.45, 7) is 2.76. The van der Waals surface area contributed by atoms with Crippen LogP contribution in [0.3, 0.4) is 0 Å². The van der Waals surface area contributed by atoms with Gasteiger partial charge >= 0.3 is 5.97 Å². The Labute approximate surface area is 124 Å². The van der Waals surface area contributed by atoms with Crippen molar-refractivity contribution >= 4 is 21.7 Å². The highest BCUT2D eigenvalue weighted by atomic mass is 32.2. The number of rotatable bonds is 7. The van der Waals surface area contributed by atoms with Crippen LogP contribution in [-0.2, 0) is 14.8 Å². The van der Waals surface area contributed by atoms with E-state index in [0.717, 1.165) is 4.31 Å². The molecule has 0 radical (unpaired) electrons. The topological polar surface area (TPSA) is 93.1 Å². The van der Waals surface area contributed by atoms with E-state index >= 15 is 0 Å². The number of methoxy groups -OCH3 is 2. The van der Waals surface area contributed by atoms with Gasteiger partial charge in [0.25, 0.3) is 0 Å². The van der Waals surface area contributed by atoms with E-state index in [4.69, 9.17) is 14.6 Å². The largest absolute Gasteiger partial charge is 0.497 e. The molecule has 0 spiro atoms. The standard InChI is InChI=1S/C13H19NO6S/c1-5-21(17,18)14(9(2)13(15)16)11-7-6-10(19-3)8-12(11)20-4/h6-9H,5H2,1-4H3,(H,15,16). The van der Waals surface area contributed by atoms with Crippen molar-refractivity contribution in [3.8, 4) is 11.5 Å². The number of ether oxygens (including phenoxy) is 2. The van der Waals surface area contributed by atoms with Gasteiger partial charge in [-0.1, -0.05) is 0 Å². The average Bonchev–Trinajstić information content (AvgIpc) is 2.47. The monoisotopic (exact) mass is 317 g/mol. The van der Waals surface area contributed by atoms with Crippen LogP contribution in [0.1, 0.15) is 13.8 Å². The molecule has 0 aliphatic carbocycles. The van der Waals surface area contributed by atoms with E-state index in [1.807, 2.05) is 0 Å². The van der Waals surface area contributed by atoms with Gasteiger partial charge in [-0.15, -0.1) is 0 Å². The lowest BCUT2D eigenvalue weighted by atomic mass is 10.2. The quantitative estimate of drug-likeness (QED) is 0.815. The molecule has 0 heterocycles. The molecule has 0 fully saturated rings. The second kappa shape index (κ2) is 6.66. The maximum Gasteiger partial charge on any atom is 0.327 e. The van der Waals surface area contributed by atoms with E-state index in [9.17, 15) is 13.2 Å². The molecule has 0 aliphatic rings. The first-order valence-electron chi connectivity index (χ1n) is 6.25. The van der Waals surface area contributed by atoms with Gasteiger partial charge in [0, 0.05) is 6.07 Å². The molecule has 0 saturated carbocycles. The fourth-order valence-electron chi connectivity index (χ4n) is 1.81. The molecular formula is C13H19NO6S. The summed E-state index contributed by atoms with van der Waals surface area (Å²) in [7, 11) is -0.935. The highest BCUT2D eigenvalue weighted by Gasteiger charge is 2.32. The van der Waals surface area contributed by atoms with Crippen LogP contribution in [0.2, 0.25) is 0 Å². The molecule has 1 aromatic rings. The number of carbonyl (C=O) groups is 1. The number of carboxylic acid groups (broad SMARTS) is 1. The van der Waals surface area contributed by atoms with Crippen molar-refractivity contribution in [2.75, 3.05) is 24.3 Å². The molecule has 21 heavy (non-hydrogen) atoms. The van der Waals surface area contributed by atoms with Gasteiger partial charge in [0.15, 0.2) is 0 Å². The van der Waals surface area contributed by atoms with Gasteiger partial charge in [-0.25, -0.2) is 13.2 Å². The van der Waals surface area contributed by atoms with E-state index in [1.165, 1.54) is 40.2 Å². The van der Waals surface area contributed by atoms with Crippen LogP contribution in [0.15, 0.2) is 18.2 Å². The minimum absolute atomic E-state index is 0.162. The van der Waals surface area contributed by atoms with Gasteiger partial charge in [-0.05, 0) is 26.0 Å². The van der Waals surface area contributed by atoms with Crippen LogP contribution in [0.25, 0.3) is 0 Å². The number of carboxylic acids is 1. The lowest BCUT2D eigenvalue weighted by Gasteiger charge is -2.28. The molecule has 0 amide bonds. The molecule has 1 N–H and O–H groups in total. The molecule has 1 aromatic carbocycles. The first-order valence-corrected chi connectivity index (χ1v) is 7.86. The number of aliphatic carboxylic acids is 1. The summed E-state index contributed by atoms with van der Waals surface area (Å²) in [5.74, 6) is -0.767. The number of nitrogens with zero attached hydrogens (tertiary/aromatic N) is 1. The second-order valence-electron chi connectivity index (χ2n) is 4.25. The minimum atomic E-state index is -3.78. The van der Waals surface area contributed by atoms with Crippen molar-refractivity contribution < 1.29 is 27.8 Å². The molecule has 1 rings (SSSR count). The Morgan fingerprint density at radius 2 is 1.95 bits per heavy atom. The van der Waals surface area contributed by atoms with E-state index < -0.39 is 22.0 Å². The fraction of sp³-hybridized carbons (Fsp3) is 0.462. The Morgan fingerprint density at radius 1 is 1.33 bits per heavy atom. The Hall–Kier alpha value is -1.96. The zero-order chi connectivity index (χ0) is 16.2. The van der Waals surface area contributed by atoms with Gasteiger partial charge in [0.1, 0.15) is 17.5 Å². The lowest BCUT2D eigenvalue weighted by Crippen LogP contribution is -2.44. The molecule has 1 unspecified atom stereocenters. The van der Waals surface area contributed by atoms with Crippen LogP contribution in [0, 0.1) is 0 Å². The zero-order valence-electron chi connectivity index (χ0n) is 12.4. The van der Waals surface area contributed by atoms with E-state index in [0.29, 0.717) is 5.75 Å². The van der Waals surface area contributed by atoms with Crippen molar-refractivity contribution in [3.63, 3.8) is 0 Å². The summed E-state index contributed by atoms with van der Waals surface area (Å²) in [6.07, 6.45) is 0. The number of benzene rings is 1. The first-order chi connectivity index (χ1) is 9.78. The predicted octanol–water partition coefficient (Wildman–Crippen LogP) is 1.33. The maximum absolute atomic E-state index is 12.2. The van der Waals surface area contributed by atoms with Gasteiger partial charge in [-0.2, -0.15) is 0 Å². The van der Waals surface area contributed by atoms with Crippen molar-refractivity contribution in [2.24, 2.45) is 0 Å². The van der Waals surface area contributed by atoms with E-state index in [1.54, 1.807) is 6.07 Å². The van der Waals surface area contributed by atoms with Gasteiger partial charge in [0.05, 0.1) is 25.7 Å². The summed E-state index contributed by atoms with van der Waals surface area (Å²) < 4.78 is 35.5. The molecular weight excluding hydrogens is 298 g/mol. The van der Waals surface area contributed by atoms with Gasteiger partial charge in [-0.3, -0.25) is 4.31 Å². The molecule has 118 valence electrons. The molecule has 0 bridgehead atoms. The van der Waals surface area contributed by atoms with Gasteiger partial charge in [0.2, 0.25) is 10.0 Å². The van der Waals surface area contributed by atoms with Crippen molar-refractivity contribution in [1.82, 2.24) is 0 Å². The molecule has 0 aromatic heterocycles. The van der Waals surface area contributed by atoms with Crippen LogP contribution in [-0.4, -0.2) is 45.5 Å².